The number of ether oxygens (including phenoxy) is 1. The van der Waals surface area contributed by atoms with Gasteiger partial charge in [0.25, 0.3) is 0 Å². The first kappa shape index (κ1) is 24.4. The van der Waals surface area contributed by atoms with E-state index in [1.807, 2.05) is 30.3 Å². The lowest BCUT2D eigenvalue weighted by Gasteiger charge is -2.23. The minimum Gasteiger partial charge on any atom is -0.497 e. The molecule has 1 atom stereocenters. The van der Waals surface area contributed by atoms with Gasteiger partial charge in [-0.2, -0.15) is 0 Å². The summed E-state index contributed by atoms with van der Waals surface area (Å²) in [6, 6.07) is 20.5. The van der Waals surface area contributed by atoms with E-state index in [-0.39, 0.29) is 18.4 Å². The van der Waals surface area contributed by atoms with Crippen LogP contribution >= 0.6 is 11.3 Å². The van der Waals surface area contributed by atoms with Gasteiger partial charge in [-0.15, -0.1) is 11.3 Å². The number of nitrogens with zero attached hydrogens (tertiary/aromatic N) is 2. The Kier molecular flexibility index (Phi) is 7.43. The molecule has 4 rings (SSSR count). The number of carbonyl (C=O) groups excluding carboxylic acids is 2. The van der Waals surface area contributed by atoms with E-state index < -0.39 is 6.04 Å². The van der Waals surface area contributed by atoms with Crippen molar-refractivity contribution in [3.63, 3.8) is 0 Å². The SMILES string of the molecule is COc1ccc(NC(=O)CN(C)C(C)C(=O)Nc2ccc(-c3nc4ccc(C)cc4s3)cc2)cc1. The molecular formula is C27H28N4O3S. The monoisotopic (exact) mass is 488 g/mol. The highest BCUT2D eigenvalue weighted by Crippen LogP contribution is 2.31. The summed E-state index contributed by atoms with van der Waals surface area (Å²) in [6.07, 6.45) is 0. The number of thiazole rings is 1. The maximum atomic E-state index is 12.8. The molecule has 2 N–H and O–H groups in total. The largest absolute Gasteiger partial charge is 0.497 e. The van der Waals surface area contributed by atoms with Crippen molar-refractivity contribution in [2.24, 2.45) is 0 Å². The summed E-state index contributed by atoms with van der Waals surface area (Å²) < 4.78 is 6.28. The molecule has 0 aliphatic carbocycles. The number of aromatic nitrogens is 1. The number of rotatable bonds is 8. The summed E-state index contributed by atoms with van der Waals surface area (Å²) in [7, 11) is 3.34. The van der Waals surface area contributed by atoms with Gasteiger partial charge < -0.3 is 15.4 Å². The van der Waals surface area contributed by atoms with Crippen molar-refractivity contribution in [3.05, 3.63) is 72.3 Å². The van der Waals surface area contributed by atoms with Gasteiger partial charge in [-0.1, -0.05) is 6.07 Å². The Morgan fingerprint density at radius 1 is 1.00 bits per heavy atom. The van der Waals surface area contributed by atoms with Crippen LogP contribution in [0.1, 0.15) is 12.5 Å². The summed E-state index contributed by atoms with van der Waals surface area (Å²) in [5, 5.41) is 6.70. The molecule has 0 fully saturated rings. The van der Waals surface area contributed by atoms with Crippen LogP contribution in [0.4, 0.5) is 11.4 Å². The van der Waals surface area contributed by atoms with Gasteiger partial charge in [0.05, 0.1) is 29.9 Å². The number of methoxy groups -OCH3 is 1. The number of carbonyl (C=O) groups is 2. The van der Waals surface area contributed by atoms with E-state index in [0.717, 1.165) is 20.8 Å². The number of fused-ring (bicyclic) bond motifs is 1. The van der Waals surface area contributed by atoms with E-state index in [0.29, 0.717) is 17.1 Å². The van der Waals surface area contributed by atoms with Crippen molar-refractivity contribution in [2.45, 2.75) is 19.9 Å². The van der Waals surface area contributed by atoms with Crippen LogP contribution in [0.3, 0.4) is 0 Å². The van der Waals surface area contributed by atoms with Crippen molar-refractivity contribution in [3.8, 4) is 16.3 Å². The molecule has 4 aromatic rings. The summed E-state index contributed by atoms with van der Waals surface area (Å²) in [5.41, 5.74) is 4.56. The van der Waals surface area contributed by atoms with Crippen LogP contribution in [0, 0.1) is 6.92 Å². The lowest BCUT2D eigenvalue weighted by molar-refractivity contribution is -0.122. The van der Waals surface area contributed by atoms with Gasteiger partial charge in [-0.3, -0.25) is 14.5 Å². The van der Waals surface area contributed by atoms with E-state index in [4.69, 9.17) is 9.72 Å². The number of nitrogens with one attached hydrogen (secondary N) is 2. The van der Waals surface area contributed by atoms with Crippen LogP contribution in [0.15, 0.2) is 66.7 Å². The second-order valence-electron chi connectivity index (χ2n) is 8.42. The molecule has 180 valence electrons. The molecule has 1 heterocycles. The molecule has 0 aliphatic rings. The molecular weight excluding hydrogens is 460 g/mol. The molecule has 0 bridgehead atoms. The fourth-order valence-electron chi connectivity index (χ4n) is 3.54. The average molecular weight is 489 g/mol. The van der Waals surface area contributed by atoms with Gasteiger partial charge in [0.15, 0.2) is 0 Å². The van der Waals surface area contributed by atoms with Gasteiger partial charge in [0.1, 0.15) is 10.8 Å². The predicted octanol–water partition coefficient (Wildman–Crippen LogP) is 5.18. The summed E-state index contributed by atoms with van der Waals surface area (Å²) in [6.45, 7) is 3.92. The first-order valence-corrected chi connectivity index (χ1v) is 12.1. The van der Waals surface area contributed by atoms with Gasteiger partial charge in [0, 0.05) is 16.9 Å². The van der Waals surface area contributed by atoms with E-state index in [9.17, 15) is 9.59 Å². The highest BCUT2D eigenvalue weighted by molar-refractivity contribution is 7.21. The molecule has 0 aliphatic heterocycles. The number of hydrogen-bond donors (Lipinski definition) is 2. The zero-order chi connectivity index (χ0) is 24.9. The number of aryl methyl sites for hydroxylation is 1. The quantitative estimate of drug-likeness (QED) is 0.357. The molecule has 35 heavy (non-hydrogen) atoms. The lowest BCUT2D eigenvalue weighted by Crippen LogP contribution is -2.43. The van der Waals surface area contributed by atoms with Crippen molar-refractivity contribution in [2.75, 3.05) is 31.3 Å². The summed E-state index contributed by atoms with van der Waals surface area (Å²) in [4.78, 5) is 31.6. The van der Waals surface area contributed by atoms with Crippen LogP contribution in [0.2, 0.25) is 0 Å². The number of anilines is 2. The number of benzene rings is 3. The lowest BCUT2D eigenvalue weighted by atomic mass is 10.2. The predicted molar refractivity (Wildman–Crippen MR) is 142 cm³/mol. The molecule has 0 radical (unpaired) electrons. The molecule has 2 amide bonds. The second-order valence-corrected chi connectivity index (χ2v) is 9.46. The topological polar surface area (TPSA) is 83.6 Å². The van der Waals surface area contributed by atoms with Crippen LogP contribution < -0.4 is 15.4 Å². The zero-order valence-electron chi connectivity index (χ0n) is 20.2. The summed E-state index contributed by atoms with van der Waals surface area (Å²) >= 11 is 1.65. The van der Waals surface area contributed by atoms with Gasteiger partial charge >= 0.3 is 0 Å². The Morgan fingerprint density at radius 2 is 1.66 bits per heavy atom. The van der Waals surface area contributed by atoms with E-state index >= 15 is 0 Å². The van der Waals surface area contributed by atoms with Gasteiger partial charge in [0.2, 0.25) is 11.8 Å². The third-order valence-corrected chi connectivity index (χ3v) is 6.82. The Bertz CT molecular complexity index is 1330. The highest BCUT2D eigenvalue weighted by atomic mass is 32.1. The third kappa shape index (κ3) is 6.03. The standard InChI is InChI=1S/C27H28N4O3S/c1-17-5-14-23-24(15-17)35-27(30-23)19-6-8-21(9-7-19)29-26(33)18(2)31(3)16-25(32)28-20-10-12-22(34-4)13-11-20/h5-15,18H,16H2,1-4H3,(H,28,32)(H,29,33). The summed E-state index contributed by atoms with van der Waals surface area (Å²) in [5.74, 6) is 0.328. The van der Waals surface area contributed by atoms with Crippen molar-refractivity contribution in [1.82, 2.24) is 9.88 Å². The smallest absolute Gasteiger partial charge is 0.241 e. The molecule has 1 aromatic heterocycles. The van der Waals surface area contributed by atoms with Crippen LogP contribution in [0.25, 0.3) is 20.8 Å². The van der Waals surface area contributed by atoms with Crippen molar-refractivity contribution >= 4 is 44.7 Å². The van der Waals surface area contributed by atoms with Crippen LogP contribution in [-0.4, -0.2) is 48.4 Å². The van der Waals surface area contributed by atoms with Gasteiger partial charge in [-0.05, 0) is 87.1 Å². The second kappa shape index (κ2) is 10.7. The Balaban J connectivity index is 1.32. The normalized spacial score (nSPS) is 11.9. The minimum atomic E-state index is -0.496. The maximum absolute atomic E-state index is 12.8. The fraction of sp³-hybridized carbons (Fsp3) is 0.222. The Hall–Kier alpha value is -3.75. The van der Waals surface area contributed by atoms with Gasteiger partial charge in [-0.25, -0.2) is 4.98 Å². The van der Waals surface area contributed by atoms with E-state index in [1.165, 1.54) is 5.56 Å². The first-order chi connectivity index (χ1) is 16.8. The Morgan fingerprint density at radius 3 is 2.34 bits per heavy atom. The minimum absolute atomic E-state index is 0.0800. The van der Waals surface area contributed by atoms with Crippen LogP contribution in [0.5, 0.6) is 5.75 Å². The first-order valence-electron chi connectivity index (χ1n) is 11.2. The molecule has 3 aromatic carbocycles. The van der Waals surface area contributed by atoms with Crippen molar-refractivity contribution in [1.29, 1.82) is 0 Å². The fourth-order valence-corrected chi connectivity index (χ4v) is 4.61. The molecule has 8 heteroatoms. The maximum Gasteiger partial charge on any atom is 0.241 e. The molecule has 1 unspecified atom stereocenters. The van der Waals surface area contributed by atoms with E-state index in [2.05, 4.69) is 29.7 Å². The Labute approximate surface area is 208 Å². The number of hydrogen-bond acceptors (Lipinski definition) is 6. The van der Waals surface area contributed by atoms with Crippen LogP contribution in [-0.2, 0) is 9.59 Å². The van der Waals surface area contributed by atoms with E-state index in [1.54, 1.807) is 61.6 Å². The third-order valence-electron chi connectivity index (χ3n) is 5.75. The molecule has 0 spiro atoms. The average Bonchev–Trinajstić information content (AvgIpc) is 3.27. The molecule has 7 nitrogen and oxygen atoms in total. The zero-order valence-corrected chi connectivity index (χ0v) is 21.0. The highest BCUT2D eigenvalue weighted by Gasteiger charge is 2.20. The molecule has 0 saturated carbocycles. The molecule has 0 saturated heterocycles. The van der Waals surface area contributed by atoms with Crippen molar-refractivity contribution < 1.29 is 14.3 Å². The number of amides is 2. The number of likely N-dealkylation sites (N-methyl/N-ethyl adjacent to an activating group) is 1.